The van der Waals surface area contributed by atoms with E-state index in [2.05, 4.69) is 5.32 Å². The van der Waals surface area contributed by atoms with Crippen LogP contribution in [0.5, 0.6) is 11.5 Å². The van der Waals surface area contributed by atoms with Crippen molar-refractivity contribution in [2.24, 2.45) is 0 Å². The Balaban J connectivity index is 1.85. The van der Waals surface area contributed by atoms with Crippen LogP contribution in [0.25, 0.3) is 11.3 Å². The number of amides is 1. The van der Waals surface area contributed by atoms with Gasteiger partial charge in [-0.2, -0.15) is 0 Å². The fourth-order valence-electron chi connectivity index (χ4n) is 2.88. The van der Waals surface area contributed by atoms with Gasteiger partial charge in [-0.1, -0.05) is 6.07 Å². The van der Waals surface area contributed by atoms with Crippen LogP contribution in [0.1, 0.15) is 10.4 Å². The van der Waals surface area contributed by atoms with Gasteiger partial charge in [-0.15, -0.1) is 0 Å². The van der Waals surface area contributed by atoms with Crippen LogP contribution in [0.2, 0.25) is 0 Å². The van der Waals surface area contributed by atoms with Gasteiger partial charge in [0.2, 0.25) is 0 Å². The summed E-state index contributed by atoms with van der Waals surface area (Å²) in [6.07, 6.45) is 0. The van der Waals surface area contributed by atoms with Gasteiger partial charge in [0.05, 0.1) is 18.4 Å². The summed E-state index contributed by atoms with van der Waals surface area (Å²) in [6.45, 7) is 0.194. The second-order valence-corrected chi connectivity index (χ2v) is 6.72. The van der Waals surface area contributed by atoms with Gasteiger partial charge in [-0.25, -0.2) is 4.98 Å². The van der Waals surface area contributed by atoms with E-state index in [1.165, 1.54) is 0 Å². The lowest BCUT2D eigenvalue weighted by atomic mass is 10.1. The Morgan fingerprint density at radius 2 is 1.77 bits per heavy atom. The van der Waals surface area contributed by atoms with Gasteiger partial charge in [0.1, 0.15) is 17.3 Å². The van der Waals surface area contributed by atoms with E-state index < -0.39 is 0 Å². The van der Waals surface area contributed by atoms with Crippen molar-refractivity contribution in [3.05, 3.63) is 66.2 Å². The first-order chi connectivity index (χ1) is 14.5. The van der Waals surface area contributed by atoms with Crippen LogP contribution >= 0.6 is 0 Å². The number of methoxy groups -OCH3 is 2. The van der Waals surface area contributed by atoms with E-state index in [0.29, 0.717) is 28.6 Å². The Morgan fingerprint density at radius 3 is 2.43 bits per heavy atom. The lowest BCUT2D eigenvalue weighted by Crippen LogP contribution is -2.20. The van der Waals surface area contributed by atoms with E-state index in [1.54, 1.807) is 26.4 Å². The van der Waals surface area contributed by atoms with Crippen LogP contribution in [-0.2, 0) is 4.74 Å². The fourth-order valence-corrected chi connectivity index (χ4v) is 2.88. The van der Waals surface area contributed by atoms with E-state index in [1.807, 2.05) is 67.5 Å². The van der Waals surface area contributed by atoms with Crippen molar-refractivity contribution in [3.63, 3.8) is 0 Å². The molecule has 30 heavy (non-hydrogen) atoms. The van der Waals surface area contributed by atoms with E-state index in [9.17, 15) is 4.79 Å². The molecule has 1 N–H and O–H groups in total. The Bertz CT molecular complexity index is 1000. The Hall–Kier alpha value is -3.58. The van der Waals surface area contributed by atoms with E-state index in [4.69, 9.17) is 19.2 Å². The smallest absolute Gasteiger partial charge is 0.259 e. The van der Waals surface area contributed by atoms with Crippen molar-refractivity contribution in [1.82, 2.24) is 4.98 Å². The minimum atomic E-state index is -0.241. The Morgan fingerprint density at radius 1 is 1.00 bits per heavy atom. The largest absolute Gasteiger partial charge is 0.497 e. The summed E-state index contributed by atoms with van der Waals surface area (Å²) in [5, 5.41) is 2.90. The third-order valence-corrected chi connectivity index (χ3v) is 4.36. The molecule has 0 aliphatic carbocycles. The zero-order chi connectivity index (χ0) is 21.5. The number of aromatic nitrogens is 1. The van der Waals surface area contributed by atoms with Gasteiger partial charge in [0.25, 0.3) is 5.91 Å². The van der Waals surface area contributed by atoms with Crippen molar-refractivity contribution in [3.8, 4) is 22.8 Å². The number of pyridine rings is 1. The summed E-state index contributed by atoms with van der Waals surface area (Å²) in [4.78, 5) is 19.4. The molecule has 0 aliphatic rings. The molecular weight excluding hydrogens is 382 g/mol. The lowest BCUT2D eigenvalue weighted by Gasteiger charge is -2.17. The fraction of sp³-hybridized carbons (Fsp3) is 0.217. The second-order valence-electron chi connectivity index (χ2n) is 6.72. The van der Waals surface area contributed by atoms with Gasteiger partial charge in [-0.05, 0) is 48.5 Å². The highest BCUT2D eigenvalue weighted by Gasteiger charge is 2.16. The highest BCUT2D eigenvalue weighted by atomic mass is 16.7. The van der Waals surface area contributed by atoms with E-state index in [-0.39, 0.29) is 12.7 Å². The molecule has 0 radical (unpaired) electrons. The number of carbonyl (C=O) groups excluding carboxylic acids is 1. The second kappa shape index (κ2) is 9.76. The average molecular weight is 407 g/mol. The standard InChI is InChI=1S/C23H25N3O4/c1-26(2)22-20(23(27)24-17-6-5-7-19(14-17)29-4)12-13-21(25-22)16-8-10-18(11-9-16)30-15-28-3/h5-14H,15H2,1-4H3,(H,24,27). The minimum absolute atomic E-state index is 0.194. The molecule has 0 unspecified atom stereocenters. The molecule has 0 fully saturated rings. The van der Waals surface area contributed by atoms with Gasteiger partial charge in [0, 0.05) is 38.5 Å². The third kappa shape index (κ3) is 5.07. The molecule has 156 valence electrons. The molecule has 7 heteroatoms. The lowest BCUT2D eigenvalue weighted by molar-refractivity contribution is 0.0511. The van der Waals surface area contributed by atoms with Gasteiger partial charge >= 0.3 is 0 Å². The van der Waals surface area contributed by atoms with Crippen molar-refractivity contribution < 1.29 is 19.0 Å². The summed E-state index contributed by atoms with van der Waals surface area (Å²) < 4.78 is 15.5. The van der Waals surface area contributed by atoms with E-state index in [0.717, 1.165) is 11.3 Å². The van der Waals surface area contributed by atoms with Crippen molar-refractivity contribution in [1.29, 1.82) is 0 Å². The van der Waals surface area contributed by atoms with Crippen LogP contribution in [0.3, 0.4) is 0 Å². The predicted octanol–water partition coefficient (Wildman–Crippen LogP) is 4.06. The molecule has 3 aromatic rings. The maximum absolute atomic E-state index is 12.9. The average Bonchev–Trinajstić information content (AvgIpc) is 2.77. The Kier molecular flexibility index (Phi) is 6.87. The quantitative estimate of drug-likeness (QED) is 0.568. The minimum Gasteiger partial charge on any atom is -0.497 e. The number of anilines is 2. The third-order valence-electron chi connectivity index (χ3n) is 4.36. The predicted molar refractivity (Wildman–Crippen MR) is 117 cm³/mol. The number of carbonyl (C=O) groups is 1. The van der Waals surface area contributed by atoms with Gasteiger partial charge in [-0.3, -0.25) is 4.79 Å². The van der Waals surface area contributed by atoms with Gasteiger partial charge < -0.3 is 24.4 Å². The number of hydrogen-bond donors (Lipinski definition) is 1. The Labute approximate surface area is 176 Å². The number of ether oxygens (including phenoxy) is 3. The van der Waals surface area contributed by atoms with Crippen molar-refractivity contribution >= 4 is 17.4 Å². The van der Waals surface area contributed by atoms with Crippen LogP contribution < -0.4 is 19.7 Å². The first-order valence-electron chi connectivity index (χ1n) is 9.37. The summed E-state index contributed by atoms with van der Waals surface area (Å²) in [5.74, 6) is 1.72. The monoisotopic (exact) mass is 407 g/mol. The molecule has 0 aliphatic heterocycles. The maximum Gasteiger partial charge on any atom is 0.259 e. The molecule has 3 rings (SSSR count). The molecule has 0 saturated heterocycles. The van der Waals surface area contributed by atoms with Crippen molar-refractivity contribution in [2.45, 2.75) is 0 Å². The molecule has 2 aromatic carbocycles. The molecule has 0 atom stereocenters. The number of hydrogen-bond acceptors (Lipinski definition) is 6. The van der Waals surface area contributed by atoms with Crippen LogP contribution in [0.15, 0.2) is 60.7 Å². The molecular formula is C23H25N3O4. The zero-order valence-corrected chi connectivity index (χ0v) is 17.5. The van der Waals surface area contributed by atoms with Crippen LogP contribution in [0, 0.1) is 0 Å². The topological polar surface area (TPSA) is 72.9 Å². The normalized spacial score (nSPS) is 10.4. The molecule has 0 saturated carbocycles. The summed E-state index contributed by atoms with van der Waals surface area (Å²) in [5.41, 5.74) is 2.81. The molecule has 0 spiro atoms. The first kappa shape index (κ1) is 21.1. The molecule has 0 bridgehead atoms. The van der Waals surface area contributed by atoms with E-state index >= 15 is 0 Å². The molecule has 1 aromatic heterocycles. The molecule has 7 nitrogen and oxygen atoms in total. The summed E-state index contributed by atoms with van der Waals surface area (Å²) in [6, 6.07) is 18.4. The van der Waals surface area contributed by atoms with Crippen LogP contribution in [-0.4, -0.2) is 46.0 Å². The zero-order valence-electron chi connectivity index (χ0n) is 17.5. The number of rotatable bonds is 8. The number of benzene rings is 2. The number of nitrogens with one attached hydrogen (secondary N) is 1. The number of nitrogens with zero attached hydrogens (tertiary/aromatic N) is 2. The highest BCUT2D eigenvalue weighted by Crippen LogP contribution is 2.26. The van der Waals surface area contributed by atoms with Gasteiger partial charge in [0.15, 0.2) is 6.79 Å². The summed E-state index contributed by atoms with van der Waals surface area (Å²) in [7, 11) is 6.88. The maximum atomic E-state index is 12.9. The highest BCUT2D eigenvalue weighted by molar-refractivity contribution is 6.07. The van der Waals surface area contributed by atoms with Crippen molar-refractivity contribution in [2.75, 3.05) is 45.3 Å². The first-order valence-corrected chi connectivity index (χ1v) is 9.37. The summed E-state index contributed by atoms with van der Waals surface area (Å²) >= 11 is 0. The molecule has 1 heterocycles. The van der Waals surface area contributed by atoms with Crippen LogP contribution in [0.4, 0.5) is 11.5 Å². The SMILES string of the molecule is COCOc1ccc(-c2ccc(C(=O)Nc3cccc(OC)c3)c(N(C)C)n2)cc1. The molecule has 1 amide bonds.